The molecule has 0 aromatic rings. The summed E-state index contributed by atoms with van der Waals surface area (Å²) in [6.07, 6.45) is 12.7. The van der Waals surface area contributed by atoms with E-state index in [9.17, 15) is 10.2 Å². The van der Waals surface area contributed by atoms with Gasteiger partial charge in [0.2, 0.25) is 0 Å². The van der Waals surface area contributed by atoms with Crippen LogP contribution in [0.15, 0.2) is 0 Å². The Hall–Kier alpha value is -0.0800. The van der Waals surface area contributed by atoms with E-state index in [2.05, 4.69) is 13.8 Å². The monoisotopic (exact) mass is 320 g/mol. The van der Waals surface area contributed by atoms with Crippen LogP contribution in [0.2, 0.25) is 0 Å². The minimum absolute atomic E-state index is 0.376. The lowest BCUT2D eigenvalue weighted by Crippen LogP contribution is -2.50. The van der Waals surface area contributed by atoms with E-state index in [0.29, 0.717) is 12.0 Å². The van der Waals surface area contributed by atoms with E-state index in [1.165, 1.54) is 44.9 Å². The molecular formula is C21H36O2. The highest BCUT2D eigenvalue weighted by molar-refractivity contribution is 5.06. The summed E-state index contributed by atoms with van der Waals surface area (Å²) in [5.74, 6) is 5.26. The lowest BCUT2D eigenvalue weighted by molar-refractivity contribution is -0.100. The molecule has 0 aromatic heterocycles. The Bertz CT molecular complexity index is 445. The van der Waals surface area contributed by atoms with Gasteiger partial charge in [-0.3, -0.25) is 0 Å². The average molecular weight is 321 g/mol. The van der Waals surface area contributed by atoms with Gasteiger partial charge < -0.3 is 10.2 Å². The number of rotatable bonds is 2. The highest BCUT2D eigenvalue weighted by atomic mass is 16.3. The first-order valence-corrected chi connectivity index (χ1v) is 10.3. The van der Waals surface area contributed by atoms with Gasteiger partial charge in [0.1, 0.15) is 0 Å². The molecule has 0 saturated heterocycles. The van der Waals surface area contributed by atoms with Crippen LogP contribution >= 0.6 is 0 Å². The van der Waals surface area contributed by atoms with E-state index < -0.39 is 5.60 Å². The summed E-state index contributed by atoms with van der Waals surface area (Å²) in [5.41, 5.74) is 0.119. The fourth-order valence-corrected chi connectivity index (χ4v) is 7.82. The van der Waals surface area contributed by atoms with E-state index in [0.717, 1.165) is 54.8 Å². The van der Waals surface area contributed by atoms with E-state index in [-0.39, 0.29) is 0 Å². The summed E-state index contributed by atoms with van der Waals surface area (Å²) in [7, 11) is 0. The van der Waals surface area contributed by atoms with Crippen molar-refractivity contribution in [3.8, 4) is 0 Å². The molecule has 2 heteroatoms. The number of aliphatic hydroxyl groups is 2. The first kappa shape index (κ1) is 16.4. The molecule has 0 radical (unpaired) electrons. The molecule has 132 valence electrons. The van der Waals surface area contributed by atoms with Gasteiger partial charge in [-0.05, 0) is 112 Å². The number of fused-ring (bicyclic) bond motifs is 5. The first-order chi connectivity index (χ1) is 10.9. The lowest BCUT2D eigenvalue weighted by atomic mass is 9.49. The molecule has 4 rings (SSSR count). The minimum atomic E-state index is -0.392. The Balaban J connectivity index is 1.52. The third-order valence-corrected chi connectivity index (χ3v) is 8.91. The van der Waals surface area contributed by atoms with Crippen LogP contribution in [0.1, 0.15) is 78.1 Å². The van der Waals surface area contributed by atoms with Gasteiger partial charge in [0.25, 0.3) is 0 Å². The zero-order valence-electron chi connectivity index (χ0n) is 15.1. The van der Waals surface area contributed by atoms with Crippen LogP contribution in [0, 0.1) is 40.9 Å². The second-order valence-electron chi connectivity index (χ2n) is 10.0. The fourth-order valence-electron chi connectivity index (χ4n) is 7.82. The molecule has 0 aromatic carbocycles. The van der Waals surface area contributed by atoms with Gasteiger partial charge in [-0.2, -0.15) is 0 Å². The molecule has 4 saturated carbocycles. The normalized spacial score (nSPS) is 55.8. The Morgan fingerprint density at radius 2 is 1.65 bits per heavy atom. The zero-order chi connectivity index (χ0) is 16.2. The third kappa shape index (κ3) is 2.59. The van der Waals surface area contributed by atoms with Crippen molar-refractivity contribution < 1.29 is 10.2 Å². The van der Waals surface area contributed by atoms with Gasteiger partial charge in [0.15, 0.2) is 0 Å². The van der Waals surface area contributed by atoms with Gasteiger partial charge in [-0.15, -0.1) is 0 Å². The summed E-state index contributed by atoms with van der Waals surface area (Å²) in [6, 6.07) is 0. The molecular weight excluding hydrogens is 284 g/mol. The Labute approximate surface area is 142 Å². The van der Waals surface area contributed by atoms with E-state index in [4.69, 9.17) is 0 Å². The van der Waals surface area contributed by atoms with Gasteiger partial charge >= 0.3 is 0 Å². The van der Waals surface area contributed by atoms with Crippen LogP contribution in [-0.4, -0.2) is 22.4 Å². The molecule has 0 spiro atoms. The van der Waals surface area contributed by atoms with Gasteiger partial charge in [0, 0.05) is 6.61 Å². The Kier molecular flexibility index (Phi) is 4.08. The Morgan fingerprint density at radius 3 is 2.43 bits per heavy atom. The molecule has 0 heterocycles. The fraction of sp³-hybridized carbons (Fsp3) is 1.00. The molecule has 23 heavy (non-hydrogen) atoms. The third-order valence-electron chi connectivity index (χ3n) is 8.91. The maximum atomic E-state index is 10.5. The van der Waals surface area contributed by atoms with E-state index >= 15 is 0 Å². The Morgan fingerprint density at radius 1 is 0.870 bits per heavy atom. The lowest BCUT2D eigenvalue weighted by Gasteiger charge is -2.57. The van der Waals surface area contributed by atoms with E-state index in [1.54, 1.807) is 0 Å². The van der Waals surface area contributed by atoms with Gasteiger partial charge in [-0.1, -0.05) is 6.92 Å². The van der Waals surface area contributed by atoms with Crippen LogP contribution in [0.25, 0.3) is 0 Å². The molecule has 0 amide bonds. The molecule has 0 aliphatic heterocycles. The molecule has 4 aliphatic rings. The van der Waals surface area contributed by atoms with Crippen molar-refractivity contribution in [1.82, 2.24) is 0 Å². The van der Waals surface area contributed by atoms with Crippen molar-refractivity contribution >= 4 is 0 Å². The number of hydrogen-bond donors (Lipinski definition) is 2. The van der Waals surface area contributed by atoms with Crippen molar-refractivity contribution in [2.24, 2.45) is 40.9 Å². The second kappa shape index (κ2) is 5.73. The molecule has 4 fully saturated rings. The minimum Gasteiger partial charge on any atom is -0.396 e. The summed E-state index contributed by atoms with van der Waals surface area (Å²) in [4.78, 5) is 0. The second-order valence-corrected chi connectivity index (χ2v) is 10.0. The smallest absolute Gasteiger partial charge is 0.0622 e. The van der Waals surface area contributed by atoms with E-state index in [1.807, 2.05) is 0 Å². The first-order valence-electron chi connectivity index (χ1n) is 10.3. The standard InChI is InChI=1S/C21H36O2/c1-20(23)10-7-16-14(13-20)3-5-18-17(16)8-11-21(2)15(9-12-22)4-6-19(18)21/h14-19,22-23H,3-13H2,1-2H3/t14-,15?,16+,17-,18-,19+,20-,21-/m1/s1. The average Bonchev–Trinajstić information content (AvgIpc) is 2.83. The summed E-state index contributed by atoms with van der Waals surface area (Å²) in [5, 5.41) is 19.9. The van der Waals surface area contributed by atoms with Crippen LogP contribution in [-0.2, 0) is 0 Å². The van der Waals surface area contributed by atoms with Gasteiger partial charge in [-0.25, -0.2) is 0 Å². The molecule has 0 bridgehead atoms. The summed E-state index contributed by atoms with van der Waals surface area (Å²) < 4.78 is 0. The van der Waals surface area contributed by atoms with Crippen molar-refractivity contribution in [3.05, 3.63) is 0 Å². The number of aliphatic hydroxyl groups excluding tert-OH is 1. The quantitative estimate of drug-likeness (QED) is 0.792. The summed E-state index contributed by atoms with van der Waals surface area (Å²) in [6.45, 7) is 4.99. The topological polar surface area (TPSA) is 40.5 Å². The van der Waals surface area contributed by atoms with Crippen molar-refractivity contribution in [2.45, 2.75) is 83.7 Å². The van der Waals surface area contributed by atoms with Crippen molar-refractivity contribution in [2.75, 3.05) is 6.61 Å². The zero-order valence-corrected chi connectivity index (χ0v) is 15.1. The van der Waals surface area contributed by atoms with Crippen LogP contribution < -0.4 is 0 Å². The molecule has 4 aliphatic carbocycles. The highest BCUT2D eigenvalue weighted by Crippen LogP contribution is 2.65. The number of hydrogen-bond acceptors (Lipinski definition) is 2. The molecule has 8 atom stereocenters. The predicted octanol–water partition coefficient (Wildman–Crippen LogP) is 4.39. The van der Waals surface area contributed by atoms with Crippen LogP contribution in [0.5, 0.6) is 0 Å². The van der Waals surface area contributed by atoms with Crippen molar-refractivity contribution in [1.29, 1.82) is 0 Å². The maximum Gasteiger partial charge on any atom is 0.0622 e. The highest BCUT2D eigenvalue weighted by Gasteiger charge is 2.57. The van der Waals surface area contributed by atoms with Crippen LogP contribution in [0.3, 0.4) is 0 Å². The van der Waals surface area contributed by atoms with Crippen molar-refractivity contribution in [3.63, 3.8) is 0 Å². The molecule has 2 nitrogen and oxygen atoms in total. The van der Waals surface area contributed by atoms with Gasteiger partial charge in [0.05, 0.1) is 5.60 Å². The largest absolute Gasteiger partial charge is 0.396 e. The van der Waals surface area contributed by atoms with Crippen LogP contribution in [0.4, 0.5) is 0 Å². The molecule has 2 N–H and O–H groups in total. The SMILES string of the molecule is C[C@@]1(O)CC[C@H]2[C@H](CC[C@@H]3[C@@H]2CC[C@]2(C)C(CCO)CC[C@@H]32)C1. The summed E-state index contributed by atoms with van der Waals surface area (Å²) >= 11 is 0. The maximum absolute atomic E-state index is 10.5. The predicted molar refractivity (Wildman–Crippen MR) is 92.9 cm³/mol. The molecule has 1 unspecified atom stereocenters.